The number of carbonyl (C=O) groups is 2. The molecule has 1 fully saturated rings. The van der Waals surface area contributed by atoms with Crippen molar-refractivity contribution in [2.75, 3.05) is 13.7 Å². The molecule has 132 valence electrons. The Hall–Kier alpha value is -2.67. The van der Waals surface area contributed by atoms with Gasteiger partial charge in [0.25, 0.3) is 5.91 Å². The lowest BCUT2D eigenvalue weighted by molar-refractivity contribution is -0.137. The van der Waals surface area contributed by atoms with Crippen molar-refractivity contribution in [1.29, 1.82) is 0 Å². The third-order valence-corrected chi connectivity index (χ3v) is 4.62. The van der Waals surface area contributed by atoms with E-state index in [9.17, 15) is 9.59 Å². The van der Waals surface area contributed by atoms with E-state index >= 15 is 0 Å². The van der Waals surface area contributed by atoms with E-state index in [1.54, 1.807) is 22.9 Å². The number of carboxylic acid groups (broad SMARTS) is 1. The SMILES string of the molecule is COC1CC(CC(=O)O)N(C(=O)c2cnn(-c3ccccc3)c2C)C1. The van der Waals surface area contributed by atoms with Crippen LogP contribution in [0.1, 0.15) is 28.9 Å². The molecule has 1 saturated heterocycles. The summed E-state index contributed by atoms with van der Waals surface area (Å²) >= 11 is 0. The van der Waals surface area contributed by atoms with Gasteiger partial charge in [-0.3, -0.25) is 9.59 Å². The largest absolute Gasteiger partial charge is 0.481 e. The van der Waals surface area contributed by atoms with Crippen LogP contribution in [0.25, 0.3) is 5.69 Å². The quantitative estimate of drug-likeness (QED) is 0.896. The number of hydrogen-bond acceptors (Lipinski definition) is 4. The predicted octanol–water partition coefficient (Wildman–Crippen LogP) is 1.88. The number of methoxy groups -OCH3 is 1. The summed E-state index contributed by atoms with van der Waals surface area (Å²) in [5, 5.41) is 13.4. The molecule has 1 amide bonds. The summed E-state index contributed by atoms with van der Waals surface area (Å²) in [5.41, 5.74) is 2.08. The highest BCUT2D eigenvalue weighted by molar-refractivity contribution is 5.96. The third-order valence-electron chi connectivity index (χ3n) is 4.62. The van der Waals surface area contributed by atoms with E-state index in [1.165, 1.54) is 0 Å². The lowest BCUT2D eigenvalue weighted by atomic mass is 10.1. The Morgan fingerprint density at radius 1 is 1.32 bits per heavy atom. The van der Waals surface area contributed by atoms with Gasteiger partial charge in [0.1, 0.15) is 0 Å². The molecule has 1 aliphatic heterocycles. The summed E-state index contributed by atoms with van der Waals surface area (Å²) < 4.78 is 7.05. The molecule has 0 saturated carbocycles. The molecule has 3 rings (SSSR count). The second kappa shape index (κ2) is 7.06. The fourth-order valence-corrected chi connectivity index (χ4v) is 3.29. The van der Waals surface area contributed by atoms with Gasteiger partial charge in [0, 0.05) is 19.7 Å². The smallest absolute Gasteiger partial charge is 0.305 e. The first-order chi connectivity index (χ1) is 12.0. The maximum Gasteiger partial charge on any atom is 0.305 e. The molecule has 1 aromatic carbocycles. The van der Waals surface area contributed by atoms with E-state index in [4.69, 9.17) is 9.84 Å². The zero-order valence-electron chi connectivity index (χ0n) is 14.3. The summed E-state index contributed by atoms with van der Waals surface area (Å²) in [6, 6.07) is 9.19. The number of para-hydroxylation sites is 1. The molecule has 7 nitrogen and oxygen atoms in total. The number of rotatable bonds is 5. The number of likely N-dealkylation sites (tertiary alicyclic amines) is 1. The molecule has 1 N–H and O–H groups in total. The molecule has 0 bridgehead atoms. The van der Waals surface area contributed by atoms with Crippen molar-refractivity contribution in [2.24, 2.45) is 0 Å². The highest BCUT2D eigenvalue weighted by atomic mass is 16.5. The highest BCUT2D eigenvalue weighted by Gasteiger charge is 2.37. The average Bonchev–Trinajstić information content (AvgIpc) is 3.18. The van der Waals surface area contributed by atoms with Crippen LogP contribution in [-0.4, -0.2) is 57.5 Å². The van der Waals surface area contributed by atoms with Crippen molar-refractivity contribution in [3.8, 4) is 5.69 Å². The van der Waals surface area contributed by atoms with Gasteiger partial charge in [0.15, 0.2) is 0 Å². The minimum Gasteiger partial charge on any atom is -0.481 e. The fourth-order valence-electron chi connectivity index (χ4n) is 3.29. The molecular weight excluding hydrogens is 322 g/mol. The molecule has 0 spiro atoms. The lowest BCUT2D eigenvalue weighted by Crippen LogP contribution is -2.37. The molecule has 1 aromatic heterocycles. The number of aliphatic carboxylic acids is 1. The molecule has 1 aliphatic rings. The van der Waals surface area contributed by atoms with Crippen LogP contribution in [0, 0.1) is 6.92 Å². The first kappa shape index (κ1) is 17.2. The summed E-state index contributed by atoms with van der Waals surface area (Å²) in [6.07, 6.45) is 1.85. The van der Waals surface area contributed by atoms with Crippen molar-refractivity contribution in [3.05, 3.63) is 47.8 Å². The van der Waals surface area contributed by atoms with Crippen LogP contribution >= 0.6 is 0 Å². The lowest BCUT2D eigenvalue weighted by Gasteiger charge is -2.23. The summed E-state index contributed by atoms with van der Waals surface area (Å²) in [7, 11) is 1.58. The van der Waals surface area contributed by atoms with E-state index in [0.717, 1.165) is 11.4 Å². The van der Waals surface area contributed by atoms with Gasteiger partial charge in [0.2, 0.25) is 0 Å². The number of ether oxygens (including phenoxy) is 1. The fraction of sp³-hybridized carbons (Fsp3) is 0.389. The van der Waals surface area contributed by atoms with E-state index < -0.39 is 5.97 Å². The van der Waals surface area contributed by atoms with Crippen LogP contribution in [0.15, 0.2) is 36.5 Å². The van der Waals surface area contributed by atoms with Gasteiger partial charge in [-0.1, -0.05) is 18.2 Å². The number of aromatic nitrogens is 2. The zero-order chi connectivity index (χ0) is 18.0. The van der Waals surface area contributed by atoms with E-state index in [0.29, 0.717) is 18.5 Å². The van der Waals surface area contributed by atoms with Gasteiger partial charge in [-0.25, -0.2) is 4.68 Å². The zero-order valence-corrected chi connectivity index (χ0v) is 14.3. The van der Waals surface area contributed by atoms with Gasteiger partial charge in [-0.15, -0.1) is 0 Å². The molecule has 7 heteroatoms. The molecule has 2 atom stereocenters. The van der Waals surface area contributed by atoms with Crippen LogP contribution in [-0.2, 0) is 9.53 Å². The van der Waals surface area contributed by atoms with Crippen LogP contribution in [0.2, 0.25) is 0 Å². The number of carbonyl (C=O) groups excluding carboxylic acids is 1. The Balaban J connectivity index is 1.87. The topological polar surface area (TPSA) is 84.7 Å². The highest BCUT2D eigenvalue weighted by Crippen LogP contribution is 2.26. The Bertz CT molecular complexity index is 772. The Kier molecular flexibility index (Phi) is 4.85. The second-order valence-corrected chi connectivity index (χ2v) is 6.19. The van der Waals surface area contributed by atoms with Gasteiger partial charge in [-0.2, -0.15) is 5.10 Å². The minimum absolute atomic E-state index is 0.0858. The number of nitrogens with zero attached hydrogens (tertiary/aromatic N) is 3. The number of hydrogen-bond donors (Lipinski definition) is 1. The number of amides is 1. The molecular formula is C18H21N3O4. The summed E-state index contributed by atoms with van der Waals surface area (Å²) in [5.74, 6) is -1.12. The van der Waals surface area contributed by atoms with Crippen LogP contribution < -0.4 is 0 Å². The van der Waals surface area contributed by atoms with Crippen molar-refractivity contribution in [2.45, 2.75) is 31.9 Å². The summed E-state index contributed by atoms with van der Waals surface area (Å²) in [6.45, 7) is 2.23. The van der Waals surface area contributed by atoms with E-state index in [1.807, 2.05) is 37.3 Å². The molecule has 25 heavy (non-hydrogen) atoms. The average molecular weight is 343 g/mol. The molecule has 0 radical (unpaired) electrons. The van der Waals surface area contributed by atoms with Crippen LogP contribution in [0.4, 0.5) is 0 Å². The van der Waals surface area contributed by atoms with Crippen LogP contribution in [0.3, 0.4) is 0 Å². The number of benzene rings is 1. The van der Waals surface area contributed by atoms with Gasteiger partial charge in [-0.05, 0) is 25.5 Å². The Morgan fingerprint density at radius 2 is 2.04 bits per heavy atom. The Labute approximate surface area is 145 Å². The molecule has 2 heterocycles. The second-order valence-electron chi connectivity index (χ2n) is 6.19. The number of carboxylic acids is 1. The molecule has 2 unspecified atom stereocenters. The first-order valence-corrected chi connectivity index (χ1v) is 8.17. The van der Waals surface area contributed by atoms with Gasteiger partial charge in [0.05, 0.1) is 35.7 Å². The first-order valence-electron chi connectivity index (χ1n) is 8.17. The van der Waals surface area contributed by atoms with Crippen molar-refractivity contribution in [3.63, 3.8) is 0 Å². The maximum atomic E-state index is 13.0. The van der Waals surface area contributed by atoms with Gasteiger partial charge < -0.3 is 14.7 Å². The Morgan fingerprint density at radius 3 is 2.68 bits per heavy atom. The summed E-state index contributed by atoms with van der Waals surface area (Å²) in [4.78, 5) is 25.7. The minimum atomic E-state index is -0.920. The van der Waals surface area contributed by atoms with Crippen LogP contribution in [0.5, 0.6) is 0 Å². The molecule has 0 aliphatic carbocycles. The third kappa shape index (κ3) is 3.41. The van der Waals surface area contributed by atoms with Gasteiger partial charge >= 0.3 is 5.97 Å². The predicted molar refractivity (Wildman–Crippen MR) is 90.8 cm³/mol. The van der Waals surface area contributed by atoms with E-state index in [-0.39, 0.29) is 24.5 Å². The van der Waals surface area contributed by atoms with Crippen molar-refractivity contribution >= 4 is 11.9 Å². The molecule has 2 aromatic rings. The monoisotopic (exact) mass is 343 g/mol. The van der Waals surface area contributed by atoms with Crippen molar-refractivity contribution < 1.29 is 19.4 Å². The van der Waals surface area contributed by atoms with E-state index in [2.05, 4.69) is 5.10 Å². The standard InChI is InChI=1S/C18H21N3O4/c1-12-16(10-19-21(12)13-6-4-3-5-7-13)18(24)20-11-15(25-2)8-14(20)9-17(22)23/h3-7,10,14-15H,8-9,11H2,1-2H3,(H,22,23). The maximum absolute atomic E-state index is 13.0. The van der Waals surface area contributed by atoms with Crippen molar-refractivity contribution in [1.82, 2.24) is 14.7 Å². The normalized spacial score (nSPS) is 20.0.